The Hall–Kier alpha value is -0.610. The summed E-state index contributed by atoms with van der Waals surface area (Å²) in [5, 5.41) is 3.36. The van der Waals surface area contributed by atoms with E-state index in [0.717, 1.165) is 51.1 Å². The Morgan fingerprint density at radius 2 is 1.88 bits per heavy atom. The van der Waals surface area contributed by atoms with Crippen LogP contribution in [-0.2, 0) is 9.53 Å². The first-order valence-electron chi connectivity index (χ1n) is 10.3. The van der Waals surface area contributed by atoms with E-state index in [9.17, 15) is 4.79 Å². The molecule has 0 aromatic carbocycles. The van der Waals surface area contributed by atoms with Crippen molar-refractivity contribution in [2.75, 3.05) is 32.8 Å². The normalized spacial score (nSPS) is 35.9. The first-order valence-corrected chi connectivity index (χ1v) is 10.3. The van der Waals surface area contributed by atoms with Gasteiger partial charge in [0.25, 0.3) is 0 Å². The Morgan fingerprint density at radius 1 is 1.08 bits per heavy atom. The van der Waals surface area contributed by atoms with Gasteiger partial charge in [-0.2, -0.15) is 0 Å². The molecule has 3 aliphatic carbocycles. The van der Waals surface area contributed by atoms with Crippen LogP contribution in [0.25, 0.3) is 0 Å². The minimum absolute atomic E-state index is 0.201. The van der Waals surface area contributed by atoms with E-state index < -0.39 is 0 Å². The highest BCUT2D eigenvalue weighted by Crippen LogP contribution is 2.49. The number of ether oxygens (including phenoxy) is 1. The van der Waals surface area contributed by atoms with Crippen LogP contribution in [0.5, 0.6) is 0 Å². The van der Waals surface area contributed by atoms with Gasteiger partial charge in [0.05, 0.1) is 13.2 Å². The molecular weight excluding hydrogens is 300 g/mol. The van der Waals surface area contributed by atoms with Gasteiger partial charge in [-0.15, -0.1) is 0 Å². The largest absolute Gasteiger partial charge is 0.379 e. The number of fused-ring (bicyclic) bond motifs is 2. The number of hydrogen-bond donors (Lipinski definition) is 1. The number of hydrogen-bond acceptors (Lipinski definition) is 3. The fourth-order valence-corrected chi connectivity index (χ4v) is 6.05. The summed E-state index contributed by atoms with van der Waals surface area (Å²) in [5.74, 6) is 2.77. The summed E-state index contributed by atoms with van der Waals surface area (Å²) in [6.45, 7) is 4.61. The van der Waals surface area contributed by atoms with Crippen molar-refractivity contribution < 1.29 is 9.53 Å². The molecule has 1 aliphatic heterocycles. The van der Waals surface area contributed by atoms with Crippen molar-refractivity contribution in [3.63, 3.8) is 0 Å². The third-order valence-corrected chi connectivity index (χ3v) is 7.41. The summed E-state index contributed by atoms with van der Waals surface area (Å²) < 4.78 is 5.55. The van der Waals surface area contributed by atoms with Crippen LogP contribution in [0.1, 0.15) is 64.2 Å². The number of nitrogens with zero attached hydrogens (tertiary/aromatic N) is 1. The molecule has 136 valence electrons. The quantitative estimate of drug-likeness (QED) is 0.840. The topological polar surface area (TPSA) is 41.6 Å². The molecule has 0 aromatic rings. The second kappa shape index (κ2) is 7.33. The zero-order chi connectivity index (χ0) is 16.4. The highest BCUT2D eigenvalue weighted by Gasteiger charge is 2.41. The van der Waals surface area contributed by atoms with Crippen LogP contribution in [0, 0.1) is 17.8 Å². The van der Waals surface area contributed by atoms with Gasteiger partial charge in [0.15, 0.2) is 0 Å². The summed E-state index contributed by atoms with van der Waals surface area (Å²) in [5.41, 5.74) is 0.201. The minimum atomic E-state index is 0.201. The van der Waals surface area contributed by atoms with Crippen molar-refractivity contribution in [2.24, 2.45) is 17.8 Å². The second-order valence-corrected chi connectivity index (χ2v) is 8.80. The van der Waals surface area contributed by atoms with Crippen molar-refractivity contribution in [2.45, 2.75) is 69.7 Å². The molecule has 4 rings (SSSR count). The number of carbonyl (C=O) groups excluding carboxylic acids is 1. The van der Waals surface area contributed by atoms with Crippen LogP contribution in [0.15, 0.2) is 0 Å². The zero-order valence-corrected chi connectivity index (χ0v) is 15.1. The van der Waals surface area contributed by atoms with Crippen molar-refractivity contribution in [1.82, 2.24) is 10.2 Å². The van der Waals surface area contributed by atoms with Gasteiger partial charge in [-0.25, -0.2) is 0 Å². The van der Waals surface area contributed by atoms with Crippen molar-refractivity contribution >= 4 is 5.91 Å². The highest BCUT2D eigenvalue weighted by atomic mass is 16.5. The molecule has 4 nitrogen and oxygen atoms in total. The number of amides is 1. The first-order chi connectivity index (χ1) is 11.8. The molecule has 3 saturated carbocycles. The number of morpholine rings is 1. The van der Waals surface area contributed by atoms with Gasteiger partial charge < -0.3 is 10.1 Å². The monoisotopic (exact) mass is 334 g/mol. The summed E-state index contributed by atoms with van der Waals surface area (Å²) in [7, 11) is 0. The molecule has 1 saturated heterocycles. The molecule has 0 unspecified atom stereocenters. The zero-order valence-electron chi connectivity index (χ0n) is 15.1. The van der Waals surface area contributed by atoms with E-state index in [0.29, 0.717) is 11.8 Å². The molecule has 24 heavy (non-hydrogen) atoms. The Labute approximate surface area is 146 Å². The average molecular weight is 335 g/mol. The van der Waals surface area contributed by atoms with E-state index in [2.05, 4.69) is 10.2 Å². The van der Waals surface area contributed by atoms with Gasteiger partial charge in [-0.1, -0.05) is 25.7 Å². The fraction of sp³-hybridized carbons (Fsp3) is 0.950. The molecular formula is C20H34N2O2. The van der Waals surface area contributed by atoms with E-state index in [-0.39, 0.29) is 5.54 Å². The summed E-state index contributed by atoms with van der Waals surface area (Å²) in [6.07, 6.45) is 12.7. The van der Waals surface area contributed by atoms with Crippen LogP contribution in [0.2, 0.25) is 0 Å². The van der Waals surface area contributed by atoms with Crippen LogP contribution in [0.4, 0.5) is 0 Å². The highest BCUT2D eigenvalue weighted by molar-refractivity contribution is 5.76. The van der Waals surface area contributed by atoms with Crippen LogP contribution in [0.3, 0.4) is 0 Å². The predicted octanol–water partition coefficient (Wildman–Crippen LogP) is 2.96. The lowest BCUT2D eigenvalue weighted by molar-refractivity contribution is -0.123. The summed E-state index contributed by atoms with van der Waals surface area (Å²) in [4.78, 5) is 15.2. The average Bonchev–Trinajstić information content (AvgIpc) is 3.25. The molecule has 0 aromatic heterocycles. The van der Waals surface area contributed by atoms with E-state index in [1.165, 1.54) is 57.8 Å². The van der Waals surface area contributed by atoms with Crippen LogP contribution in [-0.4, -0.2) is 49.2 Å². The Kier molecular flexibility index (Phi) is 5.14. The number of nitrogens with one attached hydrogen (secondary N) is 1. The van der Waals surface area contributed by atoms with Gasteiger partial charge in [0.2, 0.25) is 5.91 Å². The summed E-state index contributed by atoms with van der Waals surface area (Å²) >= 11 is 0. The maximum absolute atomic E-state index is 12.6. The molecule has 2 bridgehead atoms. The van der Waals surface area contributed by atoms with Crippen molar-refractivity contribution in [1.29, 1.82) is 0 Å². The molecule has 0 spiro atoms. The molecule has 1 amide bonds. The SMILES string of the molecule is O=C(C[C@@H]1C[C@@H]2CC[C@@H]1C2)NCC1(N2CCOCC2)CCCCC1. The number of rotatable bonds is 5. The lowest BCUT2D eigenvalue weighted by atomic mass is 9.79. The maximum atomic E-state index is 12.6. The van der Waals surface area contributed by atoms with Gasteiger partial charge in [-0.3, -0.25) is 9.69 Å². The molecule has 4 fully saturated rings. The second-order valence-electron chi connectivity index (χ2n) is 8.80. The third kappa shape index (κ3) is 3.50. The summed E-state index contributed by atoms with van der Waals surface area (Å²) in [6, 6.07) is 0. The first kappa shape index (κ1) is 16.8. The fourth-order valence-electron chi connectivity index (χ4n) is 6.05. The van der Waals surface area contributed by atoms with Gasteiger partial charge >= 0.3 is 0 Å². The lowest BCUT2D eigenvalue weighted by Gasteiger charge is -2.48. The lowest BCUT2D eigenvalue weighted by Crippen LogP contribution is -2.59. The molecule has 1 N–H and O–H groups in total. The molecule has 4 aliphatic rings. The van der Waals surface area contributed by atoms with Crippen molar-refractivity contribution in [3.05, 3.63) is 0 Å². The molecule has 0 radical (unpaired) electrons. The standard InChI is InChI=1S/C20H34N2O2/c23-19(14-18-13-16-4-5-17(18)12-16)21-15-20(6-2-1-3-7-20)22-8-10-24-11-9-22/h16-18H,1-15H2,(H,21,23)/t16-,17-,18+/m1/s1. The molecule has 3 atom stereocenters. The minimum Gasteiger partial charge on any atom is -0.379 e. The third-order valence-electron chi connectivity index (χ3n) is 7.41. The Morgan fingerprint density at radius 3 is 2.54 bits per heavy atom. The van der Waals surface area contributed by atoms with Gasteiger partial charge in [0, 0.05) is 31.6 Å². The molecule has 4 heteroatoms. The Balaban J connectivity index is 1.31. The van der Waals surface area contributed by atoms with Gasteiger partial charge in [0.1, 0.15) is 0 Å². The van der Waals surface area contributed by atoms with E-state index >= 15 is 0 Å². The van der Waals surface area contributed by atoms with E-state index in [1.54, 1.807) is 0 Å². The smallest absolute Gasteiger partial charge is 0.220 e. The maximum Gasteiger partial charge on any atom is 0.220 e. The van der Waals surface area contributed by atoms with Crippen LogP contribution >= 0.6 is 0 Å². The Bertz CT molecular complexity index is 441. The predicted molar refractivity (Wildman–Crippen MR) is 94.8 cm³/mol. The van der Waals surface area contributed by atoms with Crippen molar-refractivity contribution in [3.8, 4) is 0 Å². The van der Waals surface area contributed by atoms with E-state index in [4.69, 9.17) is 4.74 Å². The van der Waals surface area contributed by atoms with Crippen LogP contribution < -0.4 is 5.32 Å². The van der Waals surface area contributed by atoms with E-state index in [1.807, 2.05) is 0 Å². The van der Waals surface area contributed by atoms with Gasteiger partial charge in [-0.05, 0) is 49.9 Å². The number of carbonyl (C=O) groups is 1. The molecule has 1 heterocycles.